The zero-order valence-electron chi connectivity index (χ0n) is 19.3. The summed E-state index contributed by atoms with van der Waals surface area (Å²) >= 11 is 0. The van der Waals surface area contributed by atoms with Crippen LogP contribution in [0.3, 0.4) is 0 Å². The molecule has 1 N–H and O–H groups in total. The van der Waals surface area contributed by atoms with Gasteiger partial charge in [0.05, 0.1) is 11.1 Å². The first-order chi connectivity index (χ1) is 15.3. The fourth-order valence-electron chi connectivity index (χ4n) is 3.79. The van der Waals surface area contributed by atoms with Crippen LogP contribution >= 0.6 is 0 Å². The molecule has 1 amide bonds. The summed E-state index contributed by atoms with van der Waals surface area (Å²) in [4.78, 5) is 22.4. The monoisotopic (exact) mass is 433 g/mol. The molecule has 0 bridgehead atoms. The number of para-hydroxylation sites is 1. The lowest BCUT2D eigenvalue weighted by Crippen LogP contribution is -2.45. The smallest absolute Gasteiger partial charge is 0.258 e. The van der Waals surface area contributed by atoms with Crippen molar-refractivity contribution in [2.75, 3.05) is 38.1 Å². The van der Waals surface area contributed by atoms with Crippen molar-refractivity contribution in [3.63, 3.8) is 0 Å². The van der Waals surface area contributed by atoms with Gasteiger partial charge in [-0.25, -0.2) is 0 Å². The normalized spacial score (nSPS) is 15.1. The minimum atomic E-state index is -0.230. The van der Waals surface area contributed by atoms with E-state index in [1.165, 1.54) is 5.69 Å². The Morgan fingerprint density at radius 1 is 1.03 bits per heavy atom. The molecule has 2 heterocycles. The van der Waals surface area contributed by atoms with Crippen molar-refractivity contribution in [2.45, 2.75) is 32.7 Å². The molecule has 0 spiro atoms. The number of piperazine rings is 1. The summed E-state index contributed by atoms with van der Waals surface area (Å²) in [6.07, 6.45) is 0. The van der Waals surface area contributed by atoms with Gasteiger partial charge in [-0.15, -0.1) is 0 Å². The zero-order chi connectivity index (χ0) is 22.7. The summed E-state index contributed by atoms with van der Waals surface area (Å²) in [7, 11) is 2.15. The van der Waals surface area contributed by atoms with Crippen molar-refractivity contribution in [1.82, 2.24) is 20.4 Å². The Morgan fingerprint density at radius 2 is 1.72 bits per heavy atom. The van der Waals surface area contributed by atoms with Crippen LogP contribution in [0.1, 0.15) is 42.5 Å². The minimum Gasteiger partial charge on any atom is -0.369 e. The number of carbonyl (C=O) groups is 1. The predicted octanol–water partition coefficient (Wildman–Crippen LogP) is 3.72. The molecular weight excluding hydrogens is 402 g/mol. The number of amides is 1. The standard InChI is InChI=1S/C25H31N5O2/c1-25(2,3)24-27-23(32-28-24)20-11-7-6-10-19(20)22(31)26-17-18-9-5-8-12-21(18)30-15-13-29(4)14-16-30/h5-12H,13-17H2,1-4H3,(H,26,31). The van der Waals surface area contributed by atoms with Crippen LogP contribution in [-0.4, -0.2) is 54.2 Å². The van der Waals surface area contributed by atoms with Crippen LogP contribution in [-0.2, 0) is 12.0 Å². The molecule has 0 atom stereocenters. The Labute approximate surface area is 189 Å². The van der Waals surface area contributed by atoms with E-state index >= 15 is 0 Å². The molecular formula is C25H31N5O2. The highest BCUT2D eigenvalue weighted by molar-refractivity contribution is 6.00. The maximum absolute atomic E-state index is 13.1. The Kier molecular flexibility index (Phi) is 6.28. The average molecular weight is 434 g/mol. The van der Waals surface area contributed by atoms with Gasteiger partial charge in [-0.1, -0.05) is 56.3 Å². The van der Waals surface area contributed by atoms with E-state index < -0.39 is 0 Å². The molecule has 0 aliphatic carbocycles. The molecule has 168 valence electrons. The third-order valence-corrected chi connectivity index (χ3v) is 5.77. The molecule has 7 heteroatoms. The molecule has 7 nitrogen and oxygen atoms in total. The highest BCUT2D eigenvalue weighted by atomic mass is 16.5. The van der Waals surface area contributed by atoms with Crippen molar-refractivity contribution in [3.05, 3.63) is 65.5 Å². The lowest BCUT2D eigenvalue weighted by Gasteiger charge is -2.35. The topological polar surface area (TPSA) is 74.5 Å². The van der Waals surface area contributed by atoms with E-state index in [1.54, 1.807) is 6.07 Å². The first kappa shape index (κ1) is 22.0. The summed E-state index contributed by atoms with van der Waals surface area (Å²) < 4.78 is 5.49. The fourth-order valence-corrected chi connectivity index (χ4v) is 3.79. The number of anilines is 1. The van der Waals surface area contributed by atoms with Crippen molar-refractivity contribution >= 4 is 11.6 Å². The number of aromatic nitrogens is 2. The van der Waals surface area contributed by atoms with Gasteiger partial charge in [0.15, 0.2) is 5.82 Å². The van der Waals surface area contributed by atoms with E-state index in [2.05, 4.69) is 50.5 Å². The molecule has 0 unspecified atom stereocenters. The number of nitrogens with one attached hydrogen (secondary N) is 1. The molecule has 1 aromatic heterocycles. The van der Waals surface area contributed by atoms with Crippen LogP contribution in [0.2, 0.25) is 0 Å². The Balaban J connectivity index is 1.51. The van der Waals surface area contributed by atoms with E-state index in [9.17, 15) is 4.79 Å². The Bertz CT molecular complexity index is 1080. The van der Waals surface area contributed by atoms with Crippen molar-refractivity contribution in [2.24, 2.45) is 0 Å². The lowest BCUT2D eigenvalue weighted by molar-refractivity contribution is 0.0951. The highest BCUT2D eigenvalue weighted by Gasteiger charge is 2.24. The molecule has 1 aliphatic rings. The zero-order valence-corrected chi connectivity index (χ0v) is 19.3. The minimum absolute atomic E-state index is 0.163. The van der Waals surface area contributed by atoms with E-state index in [1.807, 2.05) is 45.0 Å². The first-order valence-electron chi connectivity index (χ1n) is 11.1. The SMILES string of the molecule is CN1CCN(c2ccccc2CNC(=O)c2ccccc2-c2nc(C(C)(C)C)no2)CC1. The summed E-state index contributed by atoms with van der Waals surface area (Å²) in [5.41, 5.74) is 3.22. The van der Waals surface area contributed by atoms with Gasteiger partial charge in [0, 0.05) is 43.8 Å². The first-order valence-corrected chi connectivity index (χ1v) is 11.1. The molecule has 3 aromatic rings. The third kappa shape index (κ3) is 4.83. The summed E-state index contributed by atoms with van der Waals surface area (Å²) in [5.74, 6) is 0.812. The molecule has 4 rings (SSSR count). The predicted molar refractivity (Wildman–Crippen MR) is 126 cm³/mol. The third-order valence-electron chi connectivity index (χ3n) is 5.77. The number of rotatable bonds is 5. The molecule has 1 fully saturated rings. The van der Waals surface area contributed by atoms with Gasteiger partial charge < -0.3 is 19.6 Å². The van der Waals surface area contributed by atoms with Crippen LogP contribution in [0.15, 0.2) is 53.1 Å². The summed E-state index contributed by atoms with van der Waals surface area (Å²) in [5, 5.41) is 7.18. The number of benzene rings is 2. The van der Waals surface area contributed by atoms with Crippen LogP contribution in [0.25, 0.3) is 11.5 Å². The van der Waals surface area contributed by atoms with Crippen LogP contribution in [0, 0.1) is 0 Å². The highest BCUT2D eigenvalue weighted by Crippen LogP contribution is 2.26. The van der Waals surface area contributed by atoms with Crippen molar-refractivity contribution < 1.29 is 9.32 Å². The Hall–Kier alpha value is -3.19. The fraction of sp³-hybridized carbons (Fsp3) is 0.400. The van der Waals surface area contributed by atoms with E-state index in [-0.39, 0.29) is 11.3 Å². The number of hydrogen-bond donors (Lipinski definition) is 1. The number of hydrogen-bond acceptors (Lipinski definition) is 6. The van der Waals surface area contributed by atoms with E-state index in [0.29, 0.717) is 29.4 Å². The molecule has 1 aliphatic heterocycles. The molecule has 0 radical (unpaired) electrons. The number of nitrogens with zero attached hydrogens (tertiary/aromatic N) is 4. The van der Waals surface area contributed by atoms with Gasteiger partial charge in [-0.3, -0.25) is 4.79 Å². The van der Waals surface area contributed by atoms with Gasteiger partial charge in [0.2, 0.25) is 0 Å². The Morgan fingerprint density at radius 3 is 2.44 bits per heavy atom. The second-order valence-electron chi connectivity index (χ2n) is 9.32. The van der Waals surface area contributed by atoms with Gasteiger partial charge in [-0.2, -0.15) is 4.98 Å². The second-order valence-corrected chi connectivity index (χ2v) is 9.32. The maximum Gasteiger partial charge on any atom is 0.258 e. The van der Waals surface area contributed by atoms with Crippen LogP contribution in [0.4, 0.5) is 5.69 Å². The van der Waals surface area contributed by atoms with Gasteiger partial charge >= 0.3 is 0 Å². The van der Waals surface area contributed by atoms with Gasteiger partial charge in [0.1, 0.15) is 0 Å². The van der Waals surface area contributed by atoms with Gasteiger partial charge in [0.25, 0.3) is 11.8 Å². The van der Waals surface area contributed by atoms with Crippen LogP contribution in [0.5, 0.6) is 0 Å². The molecule has 1 saturated heterocycles. The van der Waals surface area contributed by atoms with E-state index in [4.69, 9.17) is 4.52 Å². The maximum atomic E-state index is 13.1. The van der Waals surface area contributed by atoms with E-state index in [0.717, 1.165) is 31.7 Å². The lowest BCUT2D eigenvalue weighted by atomic mass is 9.96. The molecule has 2 aromatic carbocycles. The largest absolute Gasteiger partial charge is 0.369 e. The average Bonchev–Trinajstić information content (AvgIpc) is 3.29. The summed E-state index contributed by atoms with van der Waals surface area (Å²) in [6.45, 7) is 10.6. The van der Waals surface area contributed by atoms with Crippen molar-refractivity contribution in [3.8, 4) is 11.5 Å². The quantitative estimate of drug-likeness (QED) is 0.661. The van der Waals surface area contributed by atoms with Gasteiger partial charge in [-0.05, 0) is 30.8 Å². The second kappa shape index (κ2) is 9.12. The number of likely N-dealkylation sites (N-methyl/N-ethyl adjacent to an activating group) is 1. The van der Waals surface area contributed by atoms with Crippen LogP contribution < -0.4 is 10.2 Å². The summed E-state index contributed by atoms with van der Waals surface area (Å²) in [6, 6.07) is 15.6. The molecule has 0 saturated carbocycles. The van der Waals surface area contributed by atoms with Crippen molar-refractivity contribution in [1.29, 1.82) is 0 Å². The molecule has 32 heavy (non-hydrogen) atoms. The number of carbonyl (C=O) groups excluding carboxylic acids is 1.